The van der Waals surface area contributed by atoms with E-state index in [0.717, 1.165) is 3.92 Å². The van der Waals surface area contributed by atoms with Gasteiger partial charge in [0.1, 0.15) is 0 Å². The molecule has 0 aromatic carbocycles. The average molecular weight is 460 g/mol. The molecule has 1 rings (SSSR count). The first-order chi connectivity index (χ1) is 4.22. The van der Waals surface area contributed by atoms with Crippen LogP contribution in [0.3, 0.4) is 0 Å². The van der Waals surface area contributed by atoms with Crippen LogP contribution in [0, 0.1) is 0 Å². The van der Waals surface area contributed by atoms with Gasteiger partial charge in [-0.3, -0.25) is 0 Å². The van der Waals surface area contributed by atoms with Crippen molar-refractivity contribution >= 4 is 67.8 Å². The summed E-state index contributed by atoms with van der Waals surface area (Å²) in [5, 5.41) is 0. The predicted molar refractivity (Wildman–Crippen MR) is 66.7 cm³/mol. The lowest BCUT2D eigenvalue weighted by molar-refractivity contribution is 0.748. The van der Waals surface area contributed by atoms with Crippen LogP contribution in [0.15, 0.2) is 7.16 Å². The van der Waals surface area contributed by atoms with Crippen LogP contribution >= 0.6 is 67.8 Å². The summed E-state index contributed by atoms with van der Waals surface area (Å²) in [7, 11) is 0. The Hall–Kier alpha value is 1.93. The molecule has 0 radical (unpaired) electrons. The lowest BCUT2D eigenvalue weighted by Gasteiger charge is -2.16. The normalized spacial score (nSPS) is 29.0. The van der Waals surface area contributed by atoms with Gasteiger partial charge in [-0.2, -0.15) is 0 Å². The molecule has 0 heterocycles. The van der Waals surface area contributed by atoms with Gasteiger partial charge in [0.15, 0.2) is 0 Å². The van der Waals surface area contributed by atoms with Gasteiger partial charge < -0.3 is 0 Å². The summed E-state index contributed by atoms with van der Waals surface area (Å²) in [4.78, 5) is 0. The Morgan fingerprint density at radius 3 is 2.44 bits per heavy atom. The van der Waals surface area contributed by atoms with Crippen molar-refractivity contribution in [1.29, 1.82) is 0 Å². The molecule has 0 aromatic heterocycles. The third-order valence-electron chi connectivity index (χ3n) is 1.39. The molecule has 1 aliphatic carbocycles. The number of allylic oxidation sites excluding steroid dienone is 2. The molecule has 1 aliphatic rings. The van der Waals surface area contributed by atoms with E-state index < -0.39 is 0 Å². The van der Waals surface area contributed by atoms with Crippen LogP contribution in [-0.4, -0.2) is 3.92 Å². The summed E-state index contributed by atoms with van der Waals surface area (Å²) in [5.41, 5.74) is 0. The first-order valence-corrected chi connectivity index (χ1v) is 6.30. The molecule has 0 saturated carbocycles. The zero-order valence-electron chi connectivity index (χ0n) is 4.83. The highest BCUT2D eigenvalue weighted by Crippen LogP contribution is 2.37. The monoisotopic (exact) mass is 460 g/mol. The molecule has 0 spiro atoms. The van der Waals surface area contributed by atoms with Gasteiger partial charge >= 0.3 is 0 Å². The summed E-state index contributed by atoms with van der Waals surface area (Å²) < 4.78 is 3.97. The van der Waals surface area contributed by atoms with Crippen LogP contribution in [0.4, 0.5) is 0 Å². The number of hydrogen-bond acceptors (Lipinski definition) is 0. The first kappa shape index (κ1) is 9.02. The molecule has 0 aliphatic heterocycles. The van der Waals surface area contributed by atoms with E-state index in [-0.39, 0.29) is 0 Å². The zero-order chi connectivity index (χ0) is 6.85. The van der Waals surface area contributed by atoms with Gasteiger partial charge in [0, 0.05) is 11.1 Å². The first-order valence-electron chi connectivity index (χ1n) is 2.90. The molecule has 0 nitrogen and oxygen atoms in total. The maximum absolute atomic E-state index is 2.53. The van der Waals surface area contributed by atoms with E-state index in [1.165, 1.54) is 19.3 Å². The minimum atomic E-state index is 0.809. The molecule has 0 aromatic rings. The fraction of sp³-hybridized carbons (Fsp3) is 0.667. The summed E-state index contributed by atoms with van der Waals surface area (Å²) in [5.74, 6) is 0. The lowest BCUT2D eigenvalue weighted by atomic mass is 10.1. The van der Waals surface area contributed by atoms with E-state index in [1.54, 1.807) is 7.16 Å². The van der Waals surface area contributed by atoms with Crippen LogP contribution in [0.25, 0.3) is 0 Å². The van der Waals surface area contributed by atoms with Gasteiger partial charge in [0.2, 0.25) is 0 Å². The Morgan fingerprint density at radius 1 is 1.33 bits per heavy atom. The van der Waals surface area contributed by atoms with E-state index in [2.05, 4.69) is 67.8 Å². The van der Waals surface area contributed by atoms with E-state index in [1.807, 2.05) is 0 Å². The van der Waals surface area contributed by atoms with Crippen molar-refractivity contribution < 1.29 is 0 Å². The minimum Gasteiger partial charge on any atom is -0.0769 e. The molecule has 3 heteroatoms. The molecule has 0 saturated heterocycles. The summed E-state index contributed by atoms with van der Waals surface area (Å²) in [6.07, 6.45) is 4.09. The fourth-order valence-corrected chi connectivity index (χ4v) is 3.60. The summed E-state index contributed by atoms with van der Waals surface area (Å²) in [6.45, 7) is 0. The van der Waals surface area contributed by atoms with Crippen molar-refractivity contribution in [2.24, 2.45) is 0 Å². The average Bonchev–Trinajstić information content (AvgIpc) is 1.83. The van der Waals surface area contributed by atoms with Crippen molar-refractivity contribution in [1.82, 2.24) is 0 Å². The van der Waals surface area contributed by atoms with Crippen LogP contribution in [0.2, 0.25) is 0 Å². The van der Waals surface area contributed by atoms with Crippen molar-refractivity contribution in [3.63, 3.8) is 0 Å². The molecule has 0 bridgehead atoms. The molecule has 0 amide bonds. The van der Waals surface area contributed by atoms with Crippen LogP contribution < -0.4 is 0 Å². The van der Waals surface area contributed by atoms with Crippen LogP contribution in [0.5, 0.6) is 0 Å². The highest BCUT2D eigenvalue weighted by molar-refractivity contribution is 14.1. The fourth-order valence-electron chi connectivity index (χ4n) is 0.853. The third kappa shape index (κ3) is 2.46. The standard InChI is InChI=1S/C6H7I3/c7-4-2-1-3-5(8)6(4)9/h4H,1-3H2. The van der Waals surface area contributed by atoms with Crippen LogP contribution in [-0.2, 0) is 0 Å². The van der Waals surface area contributed by atoms with Gasteiger partial charge in [0.05, 0.1) is 0 Å². The Labute approximate surface area is 96.7 Å². The van der Waals surface area contributed by atoms with E-state index in [0.29, 0.717) is 0 Å². The summed E-state index contributed by atoms with van der Waals surface area (Å²) in [6, 6.07) is 0. The molecule has 0 fully saturated rings. The van der Waals surface area contributed by atoms with Crippen molar-refractivity contribution in [3.05, 3.63) is 7.16 Å². The number of rotatable bonds is 0. The van der Waals surface area contributed by atoms with Gasteiger partial charge in [-0.05, 0) is 64.4 Å². The number of halogens is 3. The SMILES string of the molecule is IC1=C(I)C(I)CCC1. The van der Waals surface area contributed by atoms with Gasteiger partial charge in [-0.1, -0.05) is 22.6 Å². The smallest absolute Gasteiger partial charge is 0.0424 e. The second kappa shape index (κ2) is 4.08. The van der Waals surface area contributed by atoms with Gasteiger partial charge in [-0.15, -0.1) is 0 Å². The Bertz CT molecular complexity index is 139. The highest BCUT2D eigenvalue weighted by Gasteiger charge is 2.16. The van der Waals surface area contributed by atoms with E-state index in [4.69, 9.17) is 0 Å². The van der Waals surface area contributed by atoms with E-state index >= 15 is 0 Å². The molecular weight excluding hydrogens is 453 g/mol. The lowest BCUT2D eigenvalue weighted by Crippen LogP contribution is -2.03. The quantitative estimate of drug-likeness (QED) is 0.379. The van der Waals surface area contributed by atoms with Crippen molar-refractivity contribution in [2.75, 3.05) is 0 Å². The zero-order valence-corrected chi connectivity index (χ0v) is 11.3. The van der Waals surface area contributed by atoms with Crippen molar-refractivity contribution in [2.45, 2.75) is 23.2 Å². The molecule has 1 atom stereocenters. The number of hydrogen-bond donors (Lipinski definition) is 0. The Morgan fingerprint density at radius 2 is 2.00 bits per heavy atom. The number of alkyl halides is 1. The topological polar surface area (TPSA) is 0 Å². The Kier molecular flexibility index (Phi) is 4.09. The minimum absolute atomic E-state index is 0.809. The predicted octanol–water partition coefficient (Wildman–Crippen LogP) is 4.06. The molecular formula is C6H7I3. The van der Waals surface area contributed by atoms with Crippen LogP contribution in [0.1, 0.15) is 19.3 Å². The molecule has 52 valence electrons. The van der Waals surface area contributed by atoms with Crippen molar-refractivity contribution in [3.8, 4) is 0 Å². The largest absolute Gasteiger partial charge is 0.0769 e. The Balaban J connectivity index is 2.72. The van der Waals surface area contributed by atoms with E-state index in [9.17, 15) is 0 Å². The maximum atomic E-state index is 2.53. The van der Waals surface area contributed by atoms with Gasteiger partial charge in [-0.25, -0.2) is 0 Å². The second-order valence-corrected chi connectivity index (χ2v) is 6.08. The highest BCUT2D eigenvalue weighted by atomic mass is 127. The second-order valence-electron chi connectivity index (χ2n) is 2.11. The molecule has 0 N–H and O–H groups in total. The molecule has 1 unspecified atom stereocenters. The maximum Gasteiger partial charge on any atom is 0.0424 e. The van der Waals surface area contributed by atoms with Gasteiger partial charge in [0.25, 0.3) is 0 Å². The molecule has 9 heavy (non-hydrogen) atoms. The summed E-state index contributed by atoms with van der Waals surface area (Å²) >= 11 is 7.47. The third-order valence-corrected chi connectivity index (χ3v) is 7.38.